The molecule has 5 aromatic rings. The van der Waals surface area contributed by atoms with Crippen molar-refractivity contribution in [2.75, 3.05) is 29.6 Å². The minimum atomic E-state index is -4.80. The number of carbonyl (C=O) groups excluding carboxylic acids is 4. The number of aromatic nitrogens is 1. The molecule has 2 aliphatic rings. The molecule has 72 heavy (non-hydrogen) atoms. The van der Waals surface area contributed by atoms with E-state index in [2.05, 4.69) is 22.2 Å². The minimum Gasteiger partial charge on any atom is -0.490 e. The molecule has 2 fully saturated rings. The van der Waals surface area contributed by atoms with Crippen LogP contribution in [0.1, 0.15) is 70.3 Å². The Morgan fingerprint density at radius 2 is 1.54 bits per heavy atom. The number of carbonyl (C=O) groups is 4. The topological polar surface area (TPSA) is 187 Å². The van der Waals surface area contributed by atoms with Crippen LogP contribution in [0.15, 0.2) is 109 Å². The zero-order valence-corrected chi connectivity index (χ0v) is 41.7. The van der Waals surface area contributed by atoms with Crippen molar-refractivity contribution < 1.29 is 51.7 Å². The van der Waals surface area contributed by atoms with Crippen LogP contribution in [0.4, 0.5) is 24.5 Å². The van der Waals surface area contributed by atoms with Crippen LogP contribution in [0.5, 0.6) is 17.2 Å². The van der Waals surface area contributed by atoms with Crippen LogP contribution in [0.25, 0.3) is 10.4 Å². The molecule has 0 spiro atoms. The third kappa shape index (κ3) is 11.5. The third-order valence-electron chi connectivity index (χ3n) is 12.4. The summed E-state index contributed by atoms with van der Waals surface area (Å²) in [6, 6.07) is 23.8. The molecular weight excluding hydrogens is 952 g/mol. The summed E-state index contributed by atoms with van der Waals surface area (Å²) < 4.78 is 58.9. The molecule has 0 bridgehead atoms. The Balaban J connectivity index is 0.879. The van der Waals surface area contributed by atoms with Gasteiger partial charge < -0.3 is 39.8 Å². The Morgan fingerprint density at radius 3 is 2.11 bits per heavy atom. The molecule has 4 amide bonds. The average molecular weight is 1010 g/mol. The van der Waals surface area contributed by atoms with Crippen molar-refractivity contribution in [3.05, 3.63) is 131 Å². The van der Waals surface area contributed by atoms with E-state index >= 15 is 0 Å². The number of nitrogens with one attached hydrogen (secondary N) is 2. The average Bonchev–Trinajstić information content (AvgIpc) is 4.00. The van der Waals surface area contributed by atoms with E-state index in [1.807, 2.05) is 31.2 Å². The van der Waals surface area contributed by atoms with Crippen LogP contribution in [0.3, 0.4) is 0 Å². The lowest BCUT2D eigenvalue weighted by molar-refractivity contribution is -0.145. The normalized spacial score (nSPS) is 17.6. The highest BCUT2D eigenvalue weighted by Gasteiger charge is 2.50. The molecule has 3 heterocycles. The Morgan fingerprint density at radius 1 is 0.944 bits per heavy atom. The van der Waals surface area contributed by atoms with Crippen LogP contribution in [0, 0.1) is 23.7 Å². The smallest absolute Gasteiger partial charge is 0.417 e. The Kier molecular flexibility index (Phi) is 15.4. The molecular formula is C53H56F3N7O8S. The molecule has 2 aliphatic heterocycles. The summed E-state index contributed by atoms with van der Waals surface area (Å²) in [5.74, 6) is -0.476. The van der Waals surface area contributed by atoms with Gasteiger partial charge in [0.15, 0.2) is 6.10 Å². The van der Waals surface area contributed by atoms with Gasteiger partial charge in [0.1, 0.15) is 53.9 Å². The lowest BCUT2D eigenvalue weighted by Gasteiger charge is -2.35. The second-order valence-electron chi connectivity index (χ2n) is 19.1. The zero-order chi connectivity index (χ0) is 52.3. The first-order valence-electron chi connectivity index (χ1n) is 23.1. The highest BCUT2D eigenvalue weighted by Crippen LogP contribution is 2.43. The Hall–Kier alpha value is -7.43. The highest BCUT2D eigenvalue weighted by atomic mass is 32.1. The van der Waals surface area contributed by atoms with Gasteiger partial charge in [0.25, 0.3) is 11.8 Å². The summed E-state index contributed by atoms with van der Waals surface area (Å²) in [5, 5.41) is 25.6. The van der Waals surface area contributed by atoms with E-state index in [-0.39, 0.29) is 44.2 Å². The molecule has 0 radical (unpaired) electrons. The van der Waals surface area contributed by atoms with Gasteiger partial charge in [-0.2, -0.15) is 18.4 Å². The number of ether oxygens (including phenoxy) is 3. The number of anilines is 2. The van der Waals surface area contributed by atoms with Crippen molar-refractivity contribution in [3.8, 4) is 33.8 Å². The van der Waals surface area contributed by atoms with Crippen molar-refractivity contribution >= 4 is 46.3 Å². The Bertz CT molecular complexity index is 2860. The van der Waals surface area contributed by atoms with Gasteiger partial charge in [-0.05, 0) is 111 Å². The maximum atomic E-state index is 14.2. The first kappa shape index (κ1) is 52.4. The number of aliphatic hydroxyl groups is 1. The van der Waals surface area contributed by atoms with Gasteiger partial charge in [-0.3, -0.25) is 24.1 Å². The maximum absolute atomic E-state index is 14.2. The summed E-state index contributed by atoms with van der Waals surface area (Å²) in [6.45, 7) is 16.7. The van der Waals surface area contributed by atoms with Gasteiger partial charge in [-0.25, -0.2) is 4.98 Å². The molecule has 0 saturated carbocycles. The lowest BCUT2D eigenvalue weighted by atomic mass is 9.85. The van der Waals surface area contributed by atoms with Crippen molar-refractivity contribution in [1.82, 2.24) is 20.5 Å². The van der Waals surface area contributed by atoms with Crippen LogP contribution < -0.4 is 34.6 Å². The number of nitrogens with zero attached hydrogens (tertiary/aromatic N) is 5. The lowest BCUT2D eigenvalue weighted by Crippen LogP contribution is -2.59. The number of hydrogen-bond acceptors (Lipinski definition) is 12. The number of aryl methyl sites for hydroxylation is 1. The number of likely N-dealkylation sites (tertiary alicyclic amines) is 1. The second-order valence-corrected chi connectivity index (χ2v) is 20.0. The molecule has 15 nitrogen and oxygen atoms in total. The number of nitriles is 1. The van der Waals surface area contributed by atoms with Gasteiger partial charge in [0.2, 0.25) is 11.8 Å². The number of alkyl halides is 3. The van der Waals surface area contributed by atoms with Crippen LogP contribution in [-0.4, -0.2) is 88.2 Å². The molecule has 0 aliphatic carbocycles. The fourth-order valence-corrected chi connectivity index (χ4v) is 9.38. The third-order valence-corrected chi connectivity index (χ3v) is 13.4. The van der Waals surface area contributed by atoms with Crippen molar-refractivity contribution in [1.29, 1.82) is 5.26 Å². The van der Waals surface area contributed by atoms with E-state index in [0.29, 0.717) is 22.9 Å². The summed E-state index contributed by atoms with van der Waals surface area (Å²) in [6.07, 6.45) is -6.69. The number of amides is 4. The van der Waals surface area contributed by atoms with Gasteiger partial charge in [0, 0.05) is 25.2 Å². The minimum absolute atomic E-state index is 0.0561. The highest BCUT2D eigenvalue weighted by molar-refractivity contribution is 7.13. The van der Waals surface area contributed by atoms with E-state index in [1.54, 1.807) is 118 Å². The van der Waals surface area contributed by atoms with Crippen LogP contribution in [-0.2, 0) is 31.9 Å². The first-order valence-corrected chi connectivity index (χ1v) is 24.0. The number of benzene rings is 4. The van der Waals surface area contributed by atoms with Gasteiger partial charge in [0.05, 0.1) is 45.1 Å². The zero-order valence-electron chi connectivity index (χ0n) is 40.9. The maximum Gasteiger partial charge on any atom is 0.417 e. The van der Waals surface area contributed by atoms with E-state index in [0.717, 1.165) is 38.7 Å². The summed E-state index contributed by atoms with van der Waals surface area (Å²) in [7, 11) is 0. The quantitative estimate of drug-likeness (QED) is 0.0811. The monoisotopic (exact) mass is 1010 g/mol. The predicted octanol–water partition coefficient (Wildman–Crippen LogP) is 8.15. The largest absolute Gasteiger partial charge is 0.490 e. The molecule has 2 saturated heterocycles. The van der Waals surface area contributed by atoms with Crippen molar-refractivity contribution in [2.24, 2.45) is 5.41 Å². The molecule has 4 atom stereocenters. The fraction of sp³-hybridized carbons (Fsp3) is 0.358. The van der Waals surface area contributed by atoms with E-state index in [9.17, 15) is 42.7 Å². The number of aliphatic hydroxyl groups excluding tert-OH is 1. The molecule has 19 heteroatoms. The second kappa shape index (κ2) is 21.1. The summed E-state index contributed by atoms with van der Waals surface area (Å²) in [5.41, 5.74) is 1.41. The first-order chi connectivity index (χ1) is 34.0. The predicted molar refractivity (Wildman–Crippen MR) is 265 cm³/mol. The number of halogens is 3. The van der Waals surface area contributed by atoms with Crippen molar-refractivity contribution in [3.63, 3.8) is 0 Å². The molecule has 1 unspecified atom stereocenters. The fourth-order valence-electron chi connectivity index (χ4n) is 8.57. The van der Waals surface area contributed by atoms with Gasteiger partial charge >= 0.3 is 6.18 Å². The van der Waals surface area contributed by atoms with Crippen LogP contribution in [0.2, 0.25) is 0 Å². The van der Waals surface area contributed by atoms with E-state index in [1.165, 1.54) is 11.0 Å². The molecule has 378 valence electrons. The molecule has 3 N–H and O–H groups in total. The number of β-amino-alcohol motifs (C(OH)–C–C–N with tert-alkyl or cyclic N) is 1. The molecule has 4 aromatic carbocycles. The number of rotatable bonds is 16. The Labute approximate surface area is 419 Å². The summed E-state index contributed by atoms with van der Waals surface area (Å²) in [4.78, 5) is 64.3. The van der Waals surface area contributed by atoms with Gasteiger partial charge in [-0.1, -0.05) is 51.6 Å². The summed E-state index contributed by atoms with van der Waals surface area (Å²) >= 11 is 1.55. The van der Waals surface area contributed by atoms with E-state index < -0.39 is 76.2 Å². The van der Waals surface area contributed by atoms with E-state index in [4.69, 9.17) is 14.2 Å². The van der Waals surface area contributed by atoms with Crippen molar-refractivity contribution in [2.45, 2.75) is 97.4 Å². The van der Waals surface area contributed by atoms with Crippen LogP contribution >= 0.6 is 11.3 Å². The standard InChI is InChI=1S/C53H56F3N7O8S/c1-31-45(72-30-59-31)35-11-9-34(10-12-35)28-58-48(66)44-26-39(64)29-61(44)49(67)46(51(4,5)6)60-47(65)32(2)71-42-21-19-41(20-22-42)70-24-23-69-40-17-15-37(16-18-40)63-33(3)62(50(68)52(63,7)8)38-14-13-36(27-57)43(25-38)53(54,55)56/h9-22,25,30,32,39,44,46,64H,3,23-24,26,28-29H2,1-2,4-8H3,(H,58,66)(H,60,65)/t32?,39-,44+,46-/m1/s1. The van der Waals surface area contributed by atoms with Gasteiger partial charge in [-0.15, -0.1) is 11.3 Å². The molecule has 7 rings (SSSR count). The number of thiazole rings is 1. The SMILES string of the molecule is C=C1N(c2ccc(C#N)c(C(F)(F)F)c2)C(=O)C(C)(C)N1c1ccc(OCCOc2ccc(OC(C)C(=O)N[C@H](C(=O)N3C[C@H](O)C[C@H]3C(=O)NCc3ccc(-c4scnc4C)cc3)C(C)(C)C)cc2)cc1. The number of hydrogen-bond donors (Lipinski definition) is 3. The molecule has 1 aromatic heterocycles.